The smallest absolute Gasteiger partial charge is 0.182 e. The van der Waals surface area contributed by atoms with Crippen molar-refractivity contribution < 1.29 is 4.74 Å². The molecule has 2 N–H and O–H groups in total. The van der Waals surface area contributed by atoms with E-state index in [1.165, 1.54) is 0 Å². The Morgan fingerprint density at radius 3 is 2.95 bits per heavy atom. The van der Waals surface area contributed by atoms with Gasteiger partial charge in [-0.25, -0.2) is 9.50 Å². The van der Waals surface area contributed by atoms with Crippen molar-refractivity contribution >= 4 is 5.65 Å². The summed E-state index contributed by atoms with van der Waals surface area (Å²) in [5.41, 5.74) is 8.38. The van der Waals surface area contributed by atoms with Crippen LogP contribution in [0.1, 0.15) is 5.56 Å². The molecule has 1 aromatic carbocycles. The molecule has 19 heavy (non-hydrogen) atoms. The van der Waals surface area contributed by atoms with Gasteiger partial charge in [-0.05, 0) is 29.8 Å². The van der Waals surface area contributed by atoms with Crippen LogP contribution in [0.25, 0.3) is 17.0 Å². The summed E-state index contributed by atoms with van der Waals surface area (Å²) in [6.07, 6.45) is 1.87. The summed E-state index contributed by atoms with van der Waals surface area (Å²) >= 11 is 0. The number of methoxy groups -OCH3 is 1. The Morgan fingerprint density at radius 1 is 1.26 bits per heavy atom. The second-order valence-electron chi connectivity index (χ2n) is 4.21. The highest BCUT2D eigenvalue weighted by molar-refractivity contribution is 5.60. The van der Waals surface area contributed by atoms with E-state index >= 15 is 0 Å². The molecule has 0 saturated heterocycles. The summed E-state index contributed by atoms with van der Waals surface area (Å²) in [5.74, 6) is 1.46. The maximum Gasteiger partial charge on any atom is 0.182 e. The lowest BCUT2D eigenvalue weighted by molar-refractivity contribution is 0.415. The maximum atomic E-state index is 5.62. The van der Waals surface area contributed by atoms with Gasteiger partial charge in [0.05, 0.1) is 7.11 Å². The van der Waals surface area contributed by atoms with Gasteiger partial charge in [0.1, 0.15) is 5.75 Å². The van der Waals surface area contributed by atoms with Gasteiger partial charge in [0.2, 0.25) is 0 Å². The monoisotopic (exact) mass is 254 g/mol. The molecule has 0 spiro atoms. The fourth-order valence-corrected chi connectivity index (χ4v) is 1.94. The second-order valence-corrected chi connectivity index (χ2v) is 4.21. The molecule has 0 bridgehead atoms. The normalized spacial score (nSPS) is 10.8. The molecule has 2 aromatic heterocycles. The number of hydrogen-bond acceptors (Lipinski definition) is 4. The number of benzene rings is 1. The number of nitrogens with zero attached hydrogens (tertiary/aromatic N) is 3. The van der Waals surface area contributed by atoms with Gasteiger partial charge in [0, 0.05) is 18.3 Å². The third kappa shape index (κ3) is 2.15. The Bertz CT molecular complexity index is 720. The number of ether oxygens (including phenoxy) is 1. The first-order valence-corrected chi connectivity index (χ1v) is 6.00. The minimum Gasteiger partial charge on any atom is -0.497 e. The Balaban J connectivity index is 2.09. The van der Waals surface area contributed by atoms with Crippen LogP contribution in [0.3, 0.4) is 0 Å². The van der Waals surface area contributed by atoms with Crippen molar-refractivity contribution in [2.24, 2.45) is 5.73 Å². The van der Waals surface area contributed by atoms with Gasteiger partial charge in [-0.1, -0.05) is 12.1 Å². The molecule has 2 heterocycles. The topological polar surface area (TPSA) is 65.4 Å². The maximum absolute atomic E-state index is 5.62. The molecule has 0 fully saturated rings. The van der Waals surface area contributed by atoms with Crippen LogP contribution >= 0.6 is 0 Å². The van der Waals surface area contributed by atoms with Crippen molar-refractivity contribution in [3.05, 3.63) is 48.2 Å². The van der Waals surface area contributed by atoms with Crippen LogP contribution < -0.4 is 10.5 Å². The molecule has 5 heteroatoms. The van der Waals surface area contributed by atoms with E-state index in [1.54, 1.807) is 11.6 Å². The first-order valence-electron chi connectivity index (χ1n) is 6.00. The number of fused-ring (bicyclic) bond motifs is 1. The van der Waals surface area contributed by atoms with Crippen molar-refractivity contribution in [3.8, 4) is 17.1 Å². The lowest BCUT2D eigenvalue weighted by Crippen LogP contribution is -1.97. The molecule has 0 amide bonds. The lowest BCUT2D eigenvalue weighted by Gasteiger charge is -2.00. The average Bonchev–Trinajstić information content (AvgIpc) is 2.90. The Hall–Kier alpha value is -2.40. The van der Waals surface area contributed by atoms with E-state index in [0.717, 1.165) is 22.5 Å². The van der Waals surface area contributed by atoms with E-state index in [0.29, 0.717) is 12.4 Å². The summed E-state index contributed by atoms with van der Waals surface area (Å²) in [5, 5.41) is 4.44. The van der Waals surface area contributed by atoms with Crippen LogP contribution in [0.4, 0.5) is 0 Å². The van der Waals surface area contributed by atoms with Crippen LogP contribution in [-0.4, -0.2) is 21.7 Å². The first-order chi connectivity index (χ1) is 9.30. The zero-order chi connectivity index (χ0) is 13.2. The van der Waals surface area contributed by atoms with Crippen molar-refractivity contribution in [1.29, 1.82) is 0 Å². The fourth-order valence-electron chi connectivity index (χ4n) is 1.94. The first kappa shape index (κ1) is 11.7. The van der Waals surface area contributed by atoms with Crippen LogP contribution in [-0.2, 0) is 6.54 Å². The molecule has 0 aliphatic rings. The highest BCUT2D eigenvalue weighted by atomic mass is 16.5. The predicted octanol–water partition coefficient (Wildman–Crippen LogP) is 1.86. The van der Waals surface area contributed by atoms with Gasteiger partial charge >= 0.3 is 0 Å². The minimum atomic E-state index is 0.498. The van der Waals surface area contributed by atoms with E-state index in [1.807, 2.05) is 42.6 Å². The van der Waals surface area contributed by atoms with E-state index in [2.05, 4.69) is 10.1 Å². The summed E-state index contributed by atoms with van der Waals surface area (Å²) < 4.78 is 6.95. The van der Waals surface area contributed by atoms with Crippen molar-refractivity contribution in [2.75, 3.05) is 7.11 Å². The van der Waals surface area contributed by atoms with Gasteiger partial charge in [0.25, 0.3) is 0 Å². The van der Waals surface area contributed by atoms with Crippen molar-refractivity contribution in [1.82, 2.24) is 14.6 Å². The van der Waals surface area contributed by atoms with E-state index < -0.39 is 0 Å². The molecule has 96 valence electrons. The summed E-state index contributed by atoms with van der Waals surface area (Å²) in [4.78, 5) is 4.51. The second kappa shape index (κ2) is 4.70. The highest BCUT2D eigenvalue weighted by Gasteiger charge is 2.07. The summed E-state index contributed by atoms with van der Waals surface area (Å²) in [6, 6.07) is 11.6. The van der Waals surface area contributed by atoms with E-state index in [9.17, 15) is 0 Å². The van der Waals surface area contributed by atoms with Crippen LogP contribution in [0.15, 0.2) is 42.6 Å². The zero-order valence-corrected chi connectivity index (χ0v) is 10.6. The predicted molar refractivity (Wildman–Crippen MR) is 72.9 cm³/mol. The third-order valence-corrected chi connectivity index (χ3v) is 2.97. The largest absolute Gasteiger partial charge is 0.497 e. The summed E-state index contributed by atoms with van der Waals surface area (Å²) in [6.45, 7) is 0.498. The van der Waals surface area contributed by atoms with Gasteiger partial charge in [-0.3, -0.25) is 0 Å². The molecule has 3 aromatic rings. The Kier molecular flexibility index (Phi) is 2.89. The van der Waals surface area contributed by atoms with Crippen LogP contribution in [0.5, 0.6) is 5.75 Å². The molecule has 0 radical (unpaired) electrons. The van der Waals surface area contributed by atoms with E-state index in [-0.39, 0.29) is 0 Å². The quantitative estimate of drug-likeness (QED) is 0.774. The number of hydrogen-bond donors (Lipinski definition) is 1. The number of pyridine rings is 1. The van der Waals surface area contributed by atoms with Crippen LogP contribution in [0.2, 0.25) is 0 Å². The van der Waals surface area contributed by atoms with Gasteiger partial charge in [0.15, 0.2) is 11.5 Å². The van der Waals surface area contributed by atoms with E-state index in [4.69, 9.17) is 10.5 Å². The molecule has 5 nitrogen and oxygen atoms in total. The number of rotatable bonds is 3. The molecular formula is C14H14N4O. The summed E-state index contributed by atoms with van der Waals surface area (Å²) in [7, 11) is 1.64. The minimum absolute atomic E-state index is 0.498. The molecule has 0 unspecified atom stereocenters. The SMILES string of the molecule is COc1cccc(-c2nc3cc(CN)ccn3n2)c1. The Morgan fingerprint density at radius 2 is 2.16 bits per heavy atom. The third-order valence-electron chi connectivity index (χ3n) is 2.97. The van der Waals surface area contributed by atoms with Gasteiger partial charge in [-0.15, -0.1) is 5.10 Å². The van der Waals surface area contributed by atoms with Gasteiger partial charge in [-0.2, -0.15) is 0 Å². The number of aromatic nitrogens is 3. The molecule has 3 rings (SSSR count). The molecule has 0 aliphatic heterocycles. The van der Waals surface area contributed by atoms with Crippen LogP contribution in [0, 0.1) is 0 Å². The number of nitrogens with two attached hydrogens (primary N) is 1. The Labute approximate surface area is 110 Å². The average molecular weight is 254 g/mol. The standard InChI is InChI=1S/C14H14N4O/c1-19-12-4-2-3-11(8-12)14-16-13-7-10(9-15)5-6-18(13)17-14/h2-8H,9,15H2,1H3. The van der Waals surface area contributed by atoms with Crippen molar-refractivity contribution in [3.63, 3.8) is 0 Å². The zero-order valence-electron chi connectivity index (χ0n) is 10.6. The molecular weight excluding hydrogens is 240 g/mol. The van der Waals surface area contributed by atoms with Gasteiger partial charge < -0.3 is 10.5 Å². The fraction of sp³-hybridized carbons (Fsp3) is 0.143. The molecule has 0 aliphatic carbocycles. The molecule has 0 saturated carbocycles. The van der Waals surface area contributed by atoms with Crippen molar-refractivity contribution in [2.45, 2.75) is 6.54 Å². The molecule has 0 atom stereocenters. The highest BCUT2D eigenvalue weighted by Crippen LogP contribution is 2.21. The lowest BCUT2D eigenvalue weighted by atomic mass is 10.2.